The Morgan fingerprint density at radius 3 is 2.96 bits per heavy atom. The summed E-state index contributed by atoms with van der Waals surface area (Å²) in [5.74, 6) is 0.0883. The van der Waals surface area contributed by atoms with Crippen molar-refractivity contribution in [2.75, 3.05) is 11.9 Å². The minimum absolute atomic E-state index is 0.0586. The first-order chi connectivity index (χ1) is 13.1. The Labute approximate surface area is 153 Å². The van der Waals surface area contributed by atoms with Crippen LogP contribution in [0.25, 0.3) is 11.0 Å². The molecule has 3 heterocycles. The maximum Gasteiger partial charge on any atom is 0.282 e. The van der Waals surface area contributed by atoms with Gasteiger partial charge in [-0.2, -0.15) is 5.26 Å². The summed E-state index contributed by atoms with van der Waals surface area (Å²) in [5.41, 5.74) is 8.10. The summed E-state index contributed by atoms with van der Waals surface area (Å²) >= 11 is 0. The number of ether oxygens (including phenoxy) is 1. The lowest BCUT2D eigenvalue weighted by Crippen LogP contribution is -2.24. The van der Waals surface area contributed by atoms with Crippen molar-refractivity contribution in [3.8, 4) is 6.07 Å². The fourth-order valence-corrected chi connectivity index (χ4v) is 2.87. The highest BCUT2D eigenvalue weighted by atomic mass is 19.1. The molecule has 9 heteroatoms. The standard InChI is InChI=1S/C18H14FN7O/c19-13-2-1-11(6-12(13)14-3-4-27-18(21)26-14)25-17-16-15(23-9-24-17)5-10(7-20)8-22-16/h1-2,5-6,8-9,14H,3-4H2,(H2,21,26)(H,23,24,25). The highest BCUT2D eigenvalue weighted by Crippen LogP contribution is 2.30. The molecule has 0 saturated carbocycles. The maximum absolute atomic E-state index is 14.3. The molecule has 0 bridgehead atoms. The number of aromatic nitrogens is 3. The van der Waals surface area contributed by atoms with Gasteiger partial charge in [0.2, 0.25) is 0 Å². The predicted octanol–water partition coefficient (Wildman–Crippen LogP) is 2.56. The summed E-state index contributed by atoms with van der Waals surface area (Å²) in [6.07, 6.45) is 3.36. The second-order valence-electron chi connectivity index (χ2n) is 5.91. The Hall–Kier alpha value is -3.80. The van der Waals surface area contributed by atoms with E-state index in [1.54, 1.807) is 18.2 Å². The van der Waals surface area contributed by atoms with Crippen LogP contribution in [0.1, 0.15) is 23.6 Å². The summed E-state index contributed by atoms with van der Waals surface area (Å²) in [6, 6.07) is 7.94. The first kappa shape index (κ1) is 16.7. The lowest BCUT2D eigenvalue weighted by atomic mass is 10.0. The van der Waals surface area contributed by atoms with Crippen LogP contribution in [-0.4, -0.2) is 27.6 Å². The number of rotatable bonds is 3. The molecule has 3 aromatic rings. The van der Waals surface area contributed by atoms with Crippen molar-refractivity contribution in [1.29, 1.82) is 5.26 Å². The maximum atomic E-state index is 14.3. The third-order valence-corrected chi connectivity index (χ3v) is 4.15. The minimum atomic E-state index is -0.404. The highest BCUT2D eigenvalue weighted by molar-refractivity contribution is 5.87. The van der Waals surface area contributed by atoms with Gasteiger partial charge < -0.3 is 15.8 Å². The summed E-state index contributed by atoms with van der Waals surface area (Å²) in [6.45, 7) is 0.388. The van der Waals surface area contributed by atoms with E-state index in [1.807, 2.05) is 6.07 Å². The van der Waals surface area contributed by atoms with E-state index in [9.17, 15) is 4.39 Å². The van der Waals surface area contributed by atoms with Crippen LogP contribution in [-0.2, 0) is 4.74 Å². The van der Waals surface area contributed by atoms with Gasteiger partial charge >= 0.3 is 0 Å². The van der Waals surface area contributed by atoms with Crippen LogP contribution in [0.15, 0.2) is 41.8 Å². The number of benzene rings is 1. The van der Waals surface area contributed by atoms with E-state index in [0.717, 1.165) is 0 Å². The Morgan fingerprint density at radius 1 is 1.26 bits per heavy atom. The van der Waals surface area contributed by atoms with Gasteiger partial charge in [0.25, 0.3) is 6.02 Å². The number of nitrogens with zero attached hydrogens (tertiary/aromatic N) is 5. The molecule has 0 amide bonds. The van der Waals surface area contributed by atoms with Crippen molar-refractivity contribution in [3.05, 3.63) is 53.7 Å². The second-order valence-corrected chi connectivity index (χ2v) is 5.91. The molecule has 4 rings (SSSR count). The average Bonchev–Trinajstić information content (AvgIpc) is 2.69. The summed E-state index contributed by atoms with van der Waals surface area (Å²) in [7, 11) is 0. The molecule has 1 atom stereocenters. The van der Waals surface area contributed by atoms with E-state index >= 15 is 0 Å². The van der Waals surface area contributed by atoms with Gasteiger partial charge in [-0.1, -0.05) is 0 Å². The van der Waals surface area contributed by atoms with Crippen LogP contribution in [0.3, 0.4) is 0 Å². The molecule has 1 aliphatic heterocycles. The van der Waals surface area contributed by atoms with E-state index in [0.29, 0.717) is 46.7 Å². The van der Waals surface area contributed by atoms with E-state index in [2.05, 4.69) is 25.3 Å². The van der Waals surface area contributed by atoms with Crippen molar-refractivity contribution >= 4 is 28.6 Å². The van der Waals surface area contributed by atoms with Crippen molar-refractivity contribution in [3.63, 3.8) is 0 Å². The lowest BCUT2D eigenvalue weighted by Gasteiger charge is -2.20. The van der Waals surface area contributed by atoms with Crippen LogP contribution >= 0.6 is 0 Å². The number of halogens is 1. The number of fused-ring (bicyclic) bond motifs is 1. The van der Waals surface area contributed by atoms with Gasteiger partial charge in [0.05, 0.1) is 23.7 Å². The Bertz CT molecular complexity index is 1090. The SMILES string of the molecule is N#Cc1cnc2c(Nc3ccc(F)c(C4CCOC(N)=N4)c3)ncnc2c1. The minimum Gasteiger partial charge on any atom is -0.465 e. The fraction of sp³-hybridized carbons (Fsp3) is 0.167. The number of amidine groups is 1. The van der Waals surface area contributed by atoms with Gasteiger partial charge in [-0.15, -0.1) is 0 Å². The van der Waals surface area contributed by atoms with Gasteiger partial charge in [0.15, 0.2) is 5.82 Å². The van der Waals surface area contributed by atoms with Crippen LogP contribution in [0.2, 0.25) is 0 Å². The summed E-state index contributed by atoms with van der Waals surface area (Å²) < 4.78 is 19.4. The Morgan fingerprint density at radius 2 is 2.15 bits per heavy atom. The molecule has 8 nitrogen and oxygen atoms in total. The van der Waals surface area contributed by atoms with Crippen molar-refractivity contribution in [2.24, 2.45) is 10.7 Å². The van der Waals surface area contributed by atoms with E-state index in [4.69, 9.17) is 15.7 Å². The average molecular weight is 363 g/mol. The Kier molecular flexibility index (Phi) is 4.22. The molecule has 0 saturated heterocycles. The van der Waals surface area contributed by atoms with Crippen molar-refractivity contribution < 1.29 is 9.13 Å². The number of nitrogens with one attached hydrogen (secondary N) is 1. The van der Waals surface area contributed by atoms with Crippen LogP contribution in [0.5, 0.6) is 0 Å². The highest BCUT2D eigenvalue weighted by Gasteiger charge is 2.20. The predicted molar refractivity (Wildman–Crippen MR) is 96.7 cm³/mol. The van der Waals surface area contributed by atoms with E-state index in [-0.39, 0.29) is 11.8 Å². The van der Waals surface area contributed by atoms with Crippen molar-refractivity contribution in [1.82, 2.24) is 15.0 Å². The van der Waals surface area contributed by atoms with Gasteiger partial charge in [0, 0.05) is 23.9 Å². The lowest BCUT2D eigenvalue weighted by molar-refractivity contribution is 0.255. The third kappa shape index (κ3) is 3.32. The molecule has 0 aliphatic carbocycles. The Balaban J connectivity index is 1.69. The molecule has 0 spiro atoms. The quantitative estimate of drug-likeness (QED) is 0.733. The van der Waals surface area contributed by atoms with Crippen LogP contribution < -0.4 is 11.1 Å². The van der Waals surface area contributed by atoms with E-state index < -0.39 is 6.04 Å². The fourth-order valence-electron chi connectivity index (χ4n) is 2.87. The van der Waals surface area contributed by atoms with E-state index in [1.165, 1.54) is 18.6 Å². The van der Waals surface area contributed by atoms with Gasteiger partial charge in [0.1, 0.15) is 23.7 Å². The molecular weight excluding hydrogens is 349 g/mol. The normalized spacial score (nSPS) is 16.3. The molecule has 1 aliphatic rings. The number of nitriles is 1. The van der Waals surface area contributed by atoms with Crippen molar-refractivity contribution in [2.45, 2.75) is 12.5 Å². The molecule has 1 aromatic carbocycles. The monoisotopic (exact) mass is 363 g/mol. The molecule has 0 radical (unpaired) electrons. The summed E-state index contributed by atoms with van der Waals surface area (Å²) in [5, 5.41) is 12.1. The first-order valence-electron chi connectivity index (χ1n) is 8.17. The molecular formula is C18H14FN7O. The number of anilines is 2. The topological polar surface area (TPSA) is 122 Å². The van der Waals surface area contributed by atoms with Crippen LogP contribution in [0, 0.1) is 17.1 Å². The molecule has 0 fully saturated rings. The summed E-state index contributed by atoms with van der Waals surface area (Å²) in [4.78, 5) is 16.8. The molecule has 134 valence electrons. The number of hydrogen-bond acceptors (Lipinski definition) is 8. The number of hydrogen-bond donors (Lipinski definition) is 2. The number of pyridine rings is 1. The van der Waals surface area contributed by atoms with Gasteiger partial charge in [-0.05, 0) is 24.3 Å². The van der Waals surface area contributed by atoms with Gasteiger partial charge in [-0.3, -0.25) is 0 Å². The number of nitrogens with two attached hydrogens (primary N) is 1. The third-order valence-electron chi connectivity index (χ3n) is 4.15. The smallest absolute Gasteiger partial charge is 0.282 e. The van der Waals surface area contributed by atoms with Gasteiger partial charge in [-0.25, -0.2) is 24.3 Å². The molecule has 2 aromatic heterocycles. The second kappa shape index (κ2) is 6.84. The van der Waals surface area contributed by atoms with Crippen LogP contribution in [0.4, 0.5) is 15.9 Å². The first-order valence-corrected chi connectivity index (χ1v) is 8.17. The zero-order valence-electron chi connectivity index (χ0n) is 14.1. The molecule has 3 N–H and O–H groups in total. The largest absolute Gasteiger partial charge is 0.465 e. The number of aliphatic imine (C=N–C) groups is 1. The molecule has 27 heavy (non-hydrogen) atoms. The molecule has 1 unspecified atom stereocenters. The zero-order chi connectivity index (χ0) is 18.8. The zero-order valence-corrected chi connectivity index (χ0v) is 14.1.